The molecule has 1 amide bonds. The van der Waals surface area contributed by atoms with Gasteiger partial charge in [-0.1, -0.05) is 17.7 Å². The summed E-state index contributed by atoms with van der Waals surface area (Å²) in [5, 5.41) is 1.86. The second-order valence-corrected chi connectivity index (χ2v) is 7.52. The summed E-state index contributed by atoms with van der Waals surface area (Å²) in [6.45, 7) is -1.68. The molecule has 0 aliphatic carbocycles. The minimum absolute atomic E-state index is 0.0351. The summed E-state index contributed by atoms with van der Waals surface area (Å²) in [5.41, 5.74) is 0.379. The molecule has 3 heterocycles. The van der Waals surface area contributed by atoms with Crippen LogP contribution in [0.4, 0.5) is 13.2 Å². The molecule has 3 aromatic rings. The second kappa shape index (κ2) is 6.35. The Kier molecular flexibility index (Phi) is 4.23. The van der Waals surface area contributed by atoms with Crippen molar-refractivity contribution in [2.75, 3.05) is 13.1 Å². The predicted octanol–water partition coefficient (Wildman–Crippen LogP) is 3.40. The third-order valence-electron chi connectivity index (χ3n) is 4.27. The number of fused-ring (bicyclic) bond motifs is 1. The molecule has 1 aromatic carbocycles. The number of likely N-dealkylation sites (tertiary alicyclic amines) is 1. The lowest BCUT2D eigenvalue weighted by Gasteiger charge is -2.38. The summed E-state index contributed by atoms with van der Waals surface area (Å²) in [4.78, 5) is 30.5. The maximum atomic E-state index is 13.8. The highest BCUT2D eigenvalue weighted by atomic mass is 35.5. The summed E-state index contributed by atoms with van der Waals surface area (Å²) < 4.78 is 40.7. The van der Waals surface area contributed by atoms with Gasteiger partial charge in [-0.05, 0) is 17.7 Å². The molecule has 140 valence electrons. The van der Waals surface area contributed by atoms with Gasteiger partial charge in [0.25, 0.3) is 11.5 Å². The molecule has 1 saturated heterocycles. The normalized spacial score (nSPS) is 15.8. The number of aromatic nitrogens is 2. The van der Waals surface area contributed by atoms with Gasteiger partial charge in [0.15, 0.2) is 0 Å². The third-order valence-corrected chi connectivity index (χ3v) is 5.59. The maximum Gasteiger partial charge on any atom is 0.282 e. The molecule has 2 aromatic heterocycles. The van der Waals surface area contributed by atoms with E-state index in [0.717, 1.165) is 9.47 Å². The Balaban J connectivity index is 1.70. The maximum absolute atomic E-state index is 13.8. The van der Waals surface area contributed by atoms with Gasteiger partial charge in [-0.2, -0.15) is 0 Å². The SMILES string of the molecule is O=C(Cn1cnc2csc(-c3ccc(Cl)c(F)c3)c2c1=O)N1CC(F)(F)C1. The van der Waals surface area contributed by atoms with Crippen LogP contribution in [0.2, 0.25) is 5.02 Å². The van der Waals surface area contributed by atoms with E-state index in [1.165, 1.54) is 29.8 Å². The van der Waals surface area contributed by atoms with E-state index in [4.69, 9.17) is 11.6 Å². The monoisotopic (exact) mass is 413 g/mol. The molecule has 10 heteroatoms. The molecule has 1 fully saturated rings. The van der Waals surface area contributed by atoms with Crippen molar-refractivity contribution in [3.63, 3.8) is 0 Å². The minimum Gasteiger partial charge on any atom is -0.329 e. The number of alkyl halides is 2. The van der Waals surface area contributed by atoms with E-state index in [2.05, 4.69) is 4.98 Å². The van der Waals surface area contributed by atoms with Gasteiger partial charge in [0.1, 0.15) is 12.4 Å². The summed E-state index contributed by atoms with van der Waals surface area (Å²) in [6, 6.07) is 4.19. The number of amides is 1. The van der Waals surface area contributed by atoms with Crippen LogP contribution in [0.3, 0.4) is 0 Å². The Bertz CT molecular complexity index is 1120. The first-order valence-corrected chi connectivity index (χ1v) is 9.08. The number of carbonyl (C=O) groups excluding carboxylic acids is 1. The molecule has 0 atom stereocenters. The fourth-order valence-electron chi connectivity index (χ4n) is 2.88. The minimum atomic E-state index is -2.87. The van der Waals surface area contributed by atoms with E-state index in [9.17, 15) is 22.8 Å². The number of carbonyl (C=O) groups is 1. The van der Waals surface area contributed by atoms with Crippen molar-refractivity contribution in [1.82, 2.24) is 14.5 Å². The third kappa shape index (κ3) is 3.21. The van der Waals surface area contributed by atoms with Crippen molar-refractivity contribution in [2.24, 2.45) is 0 Å². The van der Waals surface area contributed by atoms with Gasteiger partial charge in [-0.15, -0.1) is 11.3 Å². The van der Waals surface area contributed by atoms with Gasteiger partial charge >= 0.3 is 0 Å². The number of hydrogen-bond acceptors (Lipinski definition) is 4. The van der Waals surface area contributed by atoms with Gasteiger partial charge in [-0.25, -0.2) is 18.2 Å². The van der Waals surface area contributed by atoms with E-state index in [1.54, 1.807) is 11.4 Å². The first-order valence-electron chi connectivity index (χ1n) is 7.83. The molecule has 5 nitrogen and oxygen atoms in total. The van der Waals surface area contributed by atoms with Crippen molar-refractivity contribution < 1.29 is 18.0 Å². The molecule has 1 aliphatic heterocycles. The summed E-state index contributed by atoms with van der Waals surface area (Å²) in [7, 11) is 0. The van der Waals surface area contributed by atoms with Gasteiger partial charge in [0.2, 0.25) is 5.91 Å². The van der Waals surface area contributed by atoms with E-state index in [-0.39, 0.29) is 17.0 Å². The van der Waals surface area contributed by atoms with Crippen LogP contribution in [0.15, 0.2) is 34.7 Å². The van der Waals surface area contributed by atoms with Crippen LogP contribution in [0.5, 0.6) is 0 Å². The Hall–Kier alpha value is -2.39. The van der Waals surface area contributed by atoms with Crippen molar-refractivity contribution in [3.8, 4) is 10.4 Å². The largest absolute Gasteiger partial charge is 0.329 e. The van der Waals surface area contributed by atoms with E-state index < -0.39 is 36.3 Å². The first kappa shape index (κ1) is 18.0. The summed E-state index contributed by atoms with van der Waals surface area (Å²) >= 11 is 6.91. The quantitative estimate of drug-likeness (QED) is 0.661. The van der Waals surface area contributed by atoms with Crippen molar-refractivity contribution in [2.45, 2.75) is 12.5 Å². The van der Waals surface area contributed by atoms with Gasteiger partial charge in [0.05, 0.1) is 35.3 Å². The molecule has 0 unspecified atom stereocenters. The highest BCUT2D eigenvalue weighted by molar-refractivity contribution is 7.15. The zero-order valence-electron chi connectivity index (χ0n) is 13.6. The molecular formula is C17H11ClF3N3O2S. The number of halogens is 4. The molecule has 4 rings (SSSR count). The molecule has 0 radical (unpaired) electrons. The van der Waals surface area contributed by atoms with Crippen LogP contribution in [-0.4, -0.2) is 39.4 Å². The van der Waals surface area contributed by atoms with Crippen LogP contribution in [-0.2, 0) is 11.3 Å². The number of benzene rings is 1. The van der Waals surface area contributed by atoms with Crippen molar-refractivity contribution in [3.05, 3.63) is 51.1 Å². The topological polar surface area (TPSA) is 55.2 Å². The van der Waals surface area contributed by atoms with E-state index >= 15 is 0 Å². The van der Waals surface area contributed by atoms with Crippen molar-refractivity contribution in [1.29, 1.82) is 0 Å². The fourth-order valence-corrected chi connectivity index (χ4v) is 3.97. The molecule has 0 spiro atoms. The van der Waals surface area contributed by atoms with Gasteiger partial charge in [-0.3, -0.25) is 14.2 Å². The zero-order valence-corrected chi connectivity index (χ0v) is 15.2. The number of thiophene rings is 1. The Morgan fingerprint density at radius 2 is 2.07 bits per heavy atom. The highest BCUT2D eigenvalue weighted by Gasteiger charge is 2.46. The summed E-state index contributed by atoms with van der Waals surface area (Å²) in [6.07, 6.45) is 1.21. The number of nitrogens with zero attached hydrogens (tertiary/aromatic N) is 3. The predicted molar refractivity (Wildman–Crippen MR) is 95.8 cm³/mol. The standard InChI is InChI=1S/C17H11ClF3N3O2S/c18-10-2-1-9(3-11(10)19)15-14-12(5-27-15)22-8-23(16(14)26)4-13(25)24-6-17(20,21)7-24/h1-3,5,8H,4,6-7H2. The number of hydrogen-bond donors (Lipinski definition) is 0. The van der Waals surface area contributed by atoms with Crippen LogP contribution >= 0.6 is 22.9 Å². The molecule has 0 saturated carbocycles. The smallest absolute Gasteiger partial charge is 0.282 e. The second-order valence-electron chi connectivity index (χ2n) is 6.24. The van der Waals surface area contributed by atoms with E-state index in [1.807, 2.05) is 0 Å². The molecule has 27 heavy (non-hydrogen) atoms. The van der Waals surface area contributed by atoms with Gasteiger partial charge in [0, 0.05) is 10.3 Å². The zero-order chi connectivity index (χ0) is 19.3. The molecule has 0 N–H and O–H groups in total. The average molecular weight is 414 g/mol. The highest BCUT2D eigenvalue weighted by Crippen LogP contribution is 2.33. The summed E-state index contributed by atoms with van der Waals surface area (Å²) in [5.74, 6) is -4.07. The van der Waals surface area contributed by atoms with Crippen LogP contribution in [0.25, 0.3) is 21.3 Å². The van der Waals surface area contributed by atoms with E-state index in [0.29, 0.717) is 16.0 Å². The lowest BCUT2D eigenvalue weighted by Crippen LogP contribution is -2.59. The fraction of sp³-hybridized carbons (Fsp3) is 0.235. The molecule has 1 aliphatic rings. The van der Waals surface area contributed by atoms with Gasteiger partial charge < -0.3 is 4.90 Å². The van der Waals surface area contributed by atoms with Crippen LogP contribution in [0.1, 0.15) is 0 Å². The average Bonchev–Trinajstić information content (AvgIpc) is 3.02. The lowest BCUT2D eigenvalue weighted by atomic mass is 10.1. The Morgan fingerprint density at radius 3 is 2.74 bits per heavy atom. The van der Waals surface area contributed by atoms with Crippen LogP contribution in [0, 0.1) is 5.82 Å². The van der Waals surface area contributed by atoms with Crippen LogP contribution < -0.4 is 5.56 Å². The number of rotatable bonds is 3. The van der Waals surface area contributed by atoms with Crippen molar-refractivity contribution >= 4 is 39.7 Å². The molecular weight excluding hydrogens is 403 g/mol. The molecule has 0 bridgehead atoms. The first-order chi connectivity index (χ1) is 12.7. The lowest BCUT2D eigenvalue weighted by molar-refractivity contribution is -0.166. The Labute approximate surface area is 159 Å². The Morgan fingerprint density at radius 1 is 1.33 bits per heavy atom.